The van der Waals surface area contributed by atoms with Crippen LogP contribution in [0.4, 0.5) is 5.95 Å². The molecule has 0 aliphatic heterocycles. The molecule has 0 atom stereocenters. The van der Waals surface area contributed by atoms with E-state index in [0.717, 1.165) is 24.1 Å². The first kappa shape index (κ1) is 21.5. The van der Waals surface area contributed by atoms with E-state index in [2.05, 4.69) is 34.4 Å². The number of nitrogens with zero attached hydrogens (tertiary/aromatic N) is 2. The Balaban J connectivity index is 1.95. The Bertz CT molecular complexity index is 793. The zero-order chi connectivity index (χ0) is 20.5. The van der Waals surface area contributed by atoms with Gasteiger partial charge in [0.05, 0.1) is 14.2 Å². The van der Waals surface area contributed by atoms with Gasteiger partial charge in [-0.25, -0.2) is 9.97 Å². The number of aromatic nitrogens is 2. The fourth-order valence-electron chi connectivity index (χ4n) is 2.68. The van der Waals surface area contributed by atoms with Crippen molar-refractivity contribution in [1.82, 2.24) is 15.3 Å². The molecule has 7 heteroatoms. The number of aryl methyl sites for hydroxylation is 1. The summed E-state index contributed by atoms with van der Waals surface area (Å²) >= 11 is 0. The Hall–Kier alpha value is -2.83. The molecule has 2 aromatic rings. The van der Waals surface area contributed by atoms with Crippen LogP contribution in [0.3, 0.4) is 0 Å². The number of hydrogen-bond donors (Lipinski definition) is 2. The Kier molecular flexibility index (Phi) is 8.04. The number of rotatable bonds is 10. The molecule has 0 fully saturated rings. The predicted octanol–water partition coefficient (Wildman–Crippen LogP) is 3.23. The van der Waals surface area contributed by atoms with Crippen molar-refractivity contribution in [2.24, 2.45) is 5.92 Å². The minimum atomic E-state index is -0.172. The number of nitrogens with one attached hydrogen (secondary N) is 2. The van der Waals surface area contributed by atoms with Crippen LogP contribution in [0.2, 0.25) is 0 Å². The van der Waals surface area contributed by atoms with Crippen molar-refractivity contribution in [3.05, 3.63) is 41.2 Å². The van der Waals surface area contributed by atoms with Crippen LogP contribution >= 0.6 is 0 Å². The molecule has 0 aliphatic carbocycles. The maximum atomic E-state index is 12.3. The molecular weight excluding hydrogens is 356 g/mol. The Morgan fingerprint density at radius 3 is 2.50 bits per heavy atom. The van der Waals surface area contributed by atoms with Gasteiger partial charge in [0.15, 0.2) is 11.5 Å². The van der Waals surface area contributed by atoms with Gasteiger partial charge in [0.25, 0.3) is 5.91 Å². The third kappa shape index (κ3) is 6.40. The summed E-state index contributed by atoms with van der Waals surface area (Å²) in [6.07, 6.45) is 1.69. The molecule has 0 aliphatic rings. The standard InChI is InChI=1S/C21H30N4O3/c1-14(2)8-10-22-20(26)17-12-15(3)24-21(25-17)23-11-9-16-6-7-18(27-4)19(13-16)28-5/h6-7,12-14H,8-11H2,1-5H3,(H,22,26)(H,23,24,25). The van der Waals surface area contributed by atoms with Crippen LogP contribution in [-0.2, 0) is 6.42 Å². The molecular formula is C21H30N4O3. The van der Waals surface area contributed by atoms with Gasteiger partial charge < -0.3 is 20.1 Å². The largest absolute Gasteiger partial charge is 0.493 e. The smallest absolute Gasteiger partial charge is 0.270 e. The minimum absolute atomic E-state index is 0.172. The lowest BCUT2D eigenvalue weighted by Gasteiger charge is -2.11. The molecule has 7 nitrogen and oxygen atoms in total. The van der Waals surface area contributed by atoms with Crippen LogP contribution < -0.4 is 20.1 Å². The summed E-state index contributed by atoms with van der Waals surface area (Å²) in [4.78, 5) is 21.0. The maximum absolute atomic E-state index is 12.3. The molecule has 1 heterocycles. The van der Waals surface area contributed by atoms with Crippen LogP contribution in [0, 0.1) is 12.8 Å². The fraction of sp³-hybridized carbons (Fsp3) is 0.476. The van der Waals surface area contributed by atoms with E-state index >= 15 is 0 Å². The van der Waals surface area contributed by atoms with E-state index < -0.39 is 0 Å². The Morgan fingerprint density at radius 1 is 1.07 bits per heavy atom. The van der Waals surface area contributed by atoms with Crippen LogP contribution in [0.25, 0.3) is 0 Å². The third-order valence-electron chi connectivity index (χ3n) is 4.24. The van der Waals surface area contributed by atoms with Crippen molar-refractivity contribution >= 4 is 11.9 Å². The van der Waals surface area contributed by atoms with Crippen LogP contribution in [0.5, 0.6) is 11.5 Å². The first-order chi connectivity index (χ1) is 13.4. The Morgan fingerprint density at radius 2 is 1.82 bits per heavy atom. The highest BCUT2D eigenvalue weighted by Gasteiger charge is 2.11. The van der Waals surface area contributed by atoms with Crippen molar-refractivity contribution in [2.75, 3.05) is 32.6 Å². The first-order valence-electron chi connectivity index (χ1n) is 9.51. The quantitative estimate of drug-likeness (QED) is 0.652. The number of benzene rings is 1. The lowest BCUT2D eigenvalue weighted by Crippen LogP contribution is -2.26. The van der Waals surface area contributed by atoms with Crippen molar-refractivity contribution in [3.8, 4) is 11.5 Å². The number of carbonyl (C=O) groups excluding carboxylic acids is 1. The maximum Gasteiger partial charge on any atom is 0.270 e. The molecule has 0 unspecified atom stereocenters. The lowest BCUT2D eigenvalue weighted by molar-refractivity contribution is 0.0947. The van der Waals surface area contributed by atoms with Gasteiger partial charge >= 0.3 is 0 Å². The summed E-state index contributed by atoms with van der Waals surface area (Å²) < 4.78 is 10.6. The second-order valence-electron chi connectivity index (χ2n) is 7.02. The van der Waals surface area contributed by atoms with Crippen molar-refractivity contribution in [1.29, 1.82) is 0 Å². The van der Waals surface area contributed by atoms with Gasteiger partial charge in [-0.05, 0) is 49.4 Å². The zero-order valence-electron chi connectivity index (χ0n) is 17.3. The molecule has 0 saturated carbocycles. The molecule has 0 spiro atoms. The summed E-state index contributed by atoms with van der Waals surface area (Å²) in [5, 5.41) is 6.10. The van der Waals surface area contributed by atoms with Gasteiger partial charge in [-0.3, -0.25) is 4.79 Å². The molecule has 1 aromatic heterocycles. The minimum Gasteiger partial charge on any atom is -0.493 e. The van der Waals surface area contributed by atoms with Crippen LogP contribution in [0.1, 0.15) is 42.0 Å². The third-order valence-corrected chi connectivity index (χ3v) is 4.24. The second-order valence-corrected chi connectivity index (χ2v) is 7.02. The molecule has 0 radical (unpaired) electrons. The van der Waals surface area contributed by atoms with Gasteiger partial charge in [-0.15, -0.1) is 0 Å². The van der Waals surface area contributed by atoms with Gasteiger partial charge in [-0.2, -0.15) is 0 Å². The van der Waals surface area contributed by atoms with E-state index in [1.165, 1.54) is 0 Å². The summed E-state index contributed by atoms with van der Waals surface area (Å²) in [5.74, 6) is 2.23. The summed E-state index contributed by atoms with van der Waals surface area (Å²) in [7, 11) is 3.24. The highest BCUT2D eigenvalue weighted by Crippen LogP contribution is 2.27. The molecule has 1 amide bonds. The van der Waals surface area contributed by atoms with Gasteiger partial charge in [-0.1, -0.05) is 19.9 Å². The predicted molar refractivity (Wildman–Crippen MR) is 110 cm³/mol. The van der Waals surface area contributed by atoms with Crippen LogP contribution in [0.15, 0.2) is 24.3 Å². The average molecular weight is 386 g/mol. The van der Waals surface area contributed by atoms with E-state index in [-0.39, 0.29) is 5.91 Å². The monoisotopic (exact) mass is 386 g/mol. The summed E-state index contributed by atoms with van der Waals surface area (Å²) in [5.41, 5.74) is 2.23. The van der Waals surface area contributed by atoms with Crippen molar-refractivity contribution in [3.63, 3.8) is 0 Å². The number of carbonyl (C=O) groups is 1. The number of methoxy groups -OCH3 is 2. The second kappa shape index (κ2) is 10.5. The SMILES string of the molecule is COc1ccc(CCNc2nc(C)cc(C(=O)NCCC(C)C)n2)cc1OC. The van der Waals surface area contributed by atoms with Gasteiger partial charge in [0.2, 0.25) is 5.95 Å². The highest BCUT2D eigenvalue weighted by atomic mass is 16.5. The molecule has 1 aromatic carbocycles. The van der Waals surface area contributed by atoms with Gasteiger partial charge in [0.1, 0.15) is 5.69 Å². The lowest BCUT2D eigenvalue weighted by atomic mass is 10.1. The molecule has 2 N–H and O–H groups in total. The Labute approximate surface area is 166 Å². The summed E-state index contributed by atoms with van der Waals surface area (Å²) in [6, 6.07) is 7.53. The zero-order valence-corrected chi connectivity index (χ0v) is 17.3. The van der Waals surface area contributed by atoms with E-state index in [0.29, 0.717) is 42.1 Å². The van der Waals surface area contributed by atoms with E-state index in [9.17, 15) is 4.79 Å². The average Bonchev–Trinajstić information content (AvgIpc) is 2.67. The van der Waals surface area contributed by atoms with E-state index in [1.54, 1.807) is 20.3 Å². The summed E-state index contributed by atoms with van der Waals surface area (Å²) in [6.45, 7) is 7.38. The number of anilines is 1. The van der Waals surface area contributed by atoms with E-state index in [4.69, 9.17) is 9.47 Å². The van der Waals surface area contributed by atoms with Crippen molar-refractivity contribution in [2.45, 2.75) is 33.6 Å². The molecule has 2 rings (SSSR count). The van der Waals surface area contributed by atoms with Crippen molar-refractivity contribution < 1.29 is 14.3 Å². The molecule has 28 heavy (non-hydrogen) atoms. The molecule has 0 bridgehead atoms. The highest BCUT2D eigenvalue weighted by molar-refractivity contribution is 5.92. The number of hydrogen-bond acceptors (Lipinski definition) is 6. The molecule has 152 valence electrons. The fourth-order valence-corrected chi connectivity index (χ4v) is 2.68. The van der Waals surface area contributed by atoms with E-state index in [1.807, 2.05) is 25.1 Å². The topological polar surface area (TPSA) is 85.4 Å². The van der Waals surface area contributed by atoms with Gasteiger partial charge in [0, 0.05) is 18.8 Å². The number of amides is 1. The first-order valence-corrected chi connectivity index (χ1v) is 9.51. The normalized spacial score (nSPS) is 10.6. The molecule has 0 saturated heterocycles. The number of ether oxygens (including phenoxy) is 2. The van der Waals surface area contributed by atoms with Crippen LogP contribution in [-0.4, -0.2) is 43.2 Å².